The highest BCUT2D eigenvalue weighted by Gasteiger charge is 2.02. The lowest BCUT2D eigenvalue weighted by atomic mass is 10.1. The largest absolute Gasteiger partial charge is 0.497 e. The van der Waals surface area contributed by atoms with Crippen molar-refractivity contribution in [3.63, 3.8) is 0 Å². The number of nitrogens with two attached hydrogens (primary N) is 1. The van der Waals surface area contributed by atoms with Crippen molar-refractivity contribution in [3.05, 3.63) is 53.6 Å². The van der Waals surface area contributed by atoms with E-state index >= 15 is 0 Å². The summed E-state index contributed by atoms with van der Waals surface area (Å²) in [6, 6.07) is 14.1. The molecule has 3 N–H and O–H groups in total. The quantitative estimate of drug-likeness (QED) is 0.807. The molecule has 0 fully saturated rings. The molecule has 2 aromatic carbocycles. The normalized spacial score (nSPS) is 10.2. The van der Waals surface area contributed by atoms with Crippen molar-refractivity contribution in [1.82, 2.24) is 0 Å². The van der Waals surface area contributed by atoms with Crippen LogP contribution in [0.15, 0.2) is 42.5 Å². The van der Waals surface area contributed by atoms with Crippen LogP contribution in [-0.2, 0) is 6.42 Å². The summed E-state index contributed by atoms with van der Waals surface area (Å²) in [5.74, 6) is 0.896. The summed E-state index contributed by atoms with van der Waals surface area (Å²) in [5.41, 5.74) is 10.2. The molecule has 0 radical (unpaired) electrons. The molecule has 0 saturated carbocycles. The molecule has 0 aliphatic rings. The average molecular weight is 256 g/mol. The Balaban J connectivity index is 1.96. The second-order valence-electron chi connectivity index (χ2n) is 4.57. The van der Waals surface area contributed by atoms with Crippen LogP contribution in [0.2, 0.25) is 0 Å². The number of anilines is 2. The second-order valence-corrected chi connectivity index (χ2v) is 4.57. The van der Waals surface area contributed by atoms with Crippen LogP contribution in [0.3, 0.4) is 0 Å². The lowest BCUT2D eigenvalue weighted by molar-refractivity contribution is 0.414. The minimum absolute atomic E-state index is 0.797. The van der Waals surface area contributed by atoms with Crippen molar-refractivity contribution in [2.24, 2.45) is 0 Å². The maximum Gasteiger partial charge on any atom is 0.119 e. The van der Waals surface area contributed by atoms with Gasteiger partial charge in [0.1, 0.15) is 5.75 Å². The van der Waals surface area contributed by atoms with Crippen LogP contribution in [0.1, 0.15) is 11.1 Å². The van der Waals surface area contributed by atoms with Crippen LogP contribution in [-0.4, -0.2) is 13.7 Å². The van der Waals surface area contributed by atoms with Crippen LogP contribution in [0.5, 0.6) is 5.75 Å². The van der Waals surface area contributed by atoms with E-state index in [4.69, 9.17) is 10.5 Å². The monoisotopic (exact) mass is 256 g/mol. The molecule has 3 heteroatoms. The molecule has 0 unspecified atom stereocenters. The Bertz CT molecular complexity index is 532. The molecule has 0 spiro atoms. The number of methoxy groups -OCH3 is 1. The first-order valence-electron chi connectivity index (χ1n) is 6.42. The number of hydrogen-bond donors (Lipinski definition) is 2. The number of ether oxygens (including phenoxy) is 1. The van der Waals surface area contributed by atoms with Crippen molar-refractivity contribution < 1.29 is 4.74 Å². The van der Waals surface area contributed by atoms with Gasteiger partial charge < -0.3 is 15.8 Å². The first kappa shape index (κ1) is 13.3. The number of benzene rings is 2. The van der Waals surface area contributed by atoms with Crippen LogP contribution in [0, 0.1) is 6.92 Å². The predicted molar refractivity (Wildman–Crippen MR) is 80.8 cm³/mol. The Labute approximate surface area is 114 Å². The zero-order valence-electron chi connectivity index (χ0n) is 11.4. The van der Waals surface area contributed by atoms with E-state index in [-0.39, 0.29) is 0 Å². The molecule has 0 aliphatic heterocycles. The van der Waals surface area contributed by atoms with E-state index in [9.17, 15) is 0 Å². The maximum absolute atomic E-state index is 5.96. The highest BCUT2D eigenvalue weighted by Crippen LogP contribution is 2.22. The Morgan fingerprint density at radius 2 is 1.95 bits per heavy atom. The lowest BCUT2D eigenvalue weighted by Gasteiger charge is -2.12. The molecular formula is C16H20N2O. The third-order valence-electron chi connectivity index (χ3n) is 3.15. The SMILES string of the molecule is COc1cccc(CCNc2c(C)cccc2N)c1. The second kappa shape index (κ2) is 6.14. The number of aryl methyl sites for hydroxylation is 1. The molecule has 19 heavy (non-hydrogen) atoms. The molecule has 2 aromatic rings. The van der Waals surface area contributed by atoms with Gasteiger partial charge in [0.2, 0.25) is 0 Å². The summed E-state index contributed by atoms with van der Waals surface area (Å²) in [6.45, 7) is 2.91. The highest BCUT2D eigenvalue weighted by atomic mass is 16.5. The van der Waals surface area contributed by atoms with Gasteiger partial charge in [0.15, 0.2) is 0 Å². The van der Waals surface area contributed by atoms with Gasteiger partial charge in [-0.25, -0.2) is 0 Å². The summed E-state index contributed by atoms with van der Waals surface area (Å²) >= 11 is 0. The summed E-state index contributed by atoms with van der Waals surface area (Å²) in [6.07, 6.45) is 0.935. The van der Waals surface area contributed by atoms with Crippen molar-refractivity contribution >= 4 is 11.4 Å². The van der Waals surface area contributed by atoms with E-state index in [0.29, 0.717) is 0 Å². The minimum Gasteiger partial charge on any atom is -0.497 e. The molecule has 0 heterocycles. The van der Waals surface area contributed by atoms with Crippen LogP contribution in [0.4, 0.5) is 11.4 Å². The maximum atomic E-state index is 5.96. The van der Waals surface area contributed by atoms with E-state index in [2.05, 4.69) is 30.4 Å². The smallest absolute Gasteiger partial charge is 0.119 e. The number of nitrogen functional groups attached to an aromatic ring is 1. The summed E-state index contributed by atoms with van der Waals surface area (Å²) < 4.78 is 5.22. The van der Waals surface area contributed by atoms with Gasteiger partial charge in [-0.05, 0) is 42.7 Å². The summed E-state index contributed by atoms with van der Waals surface area (Å²) in [4.78, 5) is 0. The van der Waals surface area contributed by atoms with E-state index in [1.165, 1.54) is 11.1 Å². The van der Waals surface area contributed by atoms with Gasteiger partial charge in [-0.3, -0.25) is 0 Å². The molecule has 100 valence electrons. The summed E-state index contributed by atoms with van der Waals surface area (Å²) in [5, 5.41) is 3.40. The van der Waals surface area contributed by atoms with Crippen LogP contribution < -0.4 is 15.8 Å². The number of nitrogens with one attached hydrogen (secondary N) is 1. The van der Waals surface area contributed by atoms with E-state index in [0.717, 1.165) is 30.1 Å². The van der Waals surface area contributed by atoms with Gasteiger partial charge in [-0.2, -0.15) is 0 Å². The van der Waals surface area contributed by atoms with Crippen molar-refractivity contribution in [1.29, 1.82) is 0 Å². The van der Waals surface area contributed by atoms with Crippen LogP contribution in [0.25, 0.3) is 0 Å². The molecule has 0 aromatic heterocycles. The third kappa shape index (κ3) is 3.41. The standard InChI is InChI=1S/C16H20N2O/c1-12-5-3-8-15(17)16(12)18-10-9-13-6-4-7-14(11-13)19-2/h3-8,11,18H,9-10,17H2,1-2H3. The van der Waals surface area contributed by atoms with Gasteiger partial charge in [-0.1, -0.05) is 24.3 Å². The minimum atomic E-state index is 0.797. The Morgan fingerprint density at radius 3 is 2.68 bits per heavy atom. The average Bonchev–Trinajstić information content (AvgIpc) is 2.42. The molecule has 0 atom stereocenters. The van der Waals surface area contributed by atoms with Crippen molar-refractivity contribution in [2.45, 2.75) is 13.3 Å². The number of rotatable bonds is 5. The zero-order chi connectivity index (χ0) is 13.7. The zero-order valence-corrected chi connectivity index (χ0v) is 11.4. The lowest BCUT2D eigenvalue weighted by Crippen LogP contribution is -2.08. The molecule has 0 amide bonds. The van der Waals surface area contributed by atoms with Gasteiger partial charge in [0, 0.05) is 6.54 Å². The molecule has 0 aliphatic carbocycles. The Morgan fingerprint density at radius 1 is 1.16 bits per heavy atom. The van der Waals surface area contributed by atoms with E-state index in [1.807, 2.05) is 24.3 Å². The highest BCUT2D eigenvalue weighted by molar-refractivity contribution is 5.69. The number of para-hydroxylation sites is 1. The molecular weight excluding hydrogens is 236 g/mol. The van der Waals surface area contributed by atoms with Gasteiger partial charge in [0.05, 0.1) is 18.5 Å². The van der Waals surface area contributed by atoms with E-state index in [1.54, 1.807) is 7.11 Å². The molecule has 3 nitrogen and oxygen atoms in total. The van der Waals surface area contributed by atoms with E-state index < -0.39 is 0 Å². The Kier molecular flexibility index (Phi) is 4.29. The molecule has 0 saturated heterocycles. The fourth-order valence-corrected chi connectivity index (χ4v) is 2.09. The summed E-state index contributed by atoms with van der Waals surface area (Å²) in [7, 11) is 1.69. The topological polar surface area (TPSA) is 47.3 Å². The molecule has 0 bridgehead atoms. The van der Waals surface area contributed by atoms with Crippen molar-refractivity contribution in [3.8, 4) is 5.75 Å². The first-order chi connectivity index (χ1) is 9.20. The fraction of sp³-hybridized carbons (Fsp3) is 0.250. The molecule has 2 rings (SSSR count). The third-order valence-corrected chi connectivity index (χ3v) is 3.15. The fourth-order valence-electron chi connectivity index (χ4n) is 2.09. The Hall–Kier alpha value is -2.16. The van der Waals surface area contributed by atoms with Gasteiger partial charge in [-0.15, -0.1) is 0 Å². The number of hydrogen-bond acceptors (Lipinski definition) is 3. The first-order valence-corrected chi connectivity index (χ1v) is 6.42. The van der Waals surface area contributed by atoms with Gasteiger partial charge >= 0.3 is 0 Å². The van der Waals surface area contributed by atoms with Crippen LogP contribution >= 0.6 is 0 Å². The van der Waals surface area contributed by atoms with Gasteiger partial charge in [0.25, 0.3) is 0 Å². The van der Waals surface area contributed by atoms with Crippen molar-refractivity contribution in [2.75, 3.05) is 24.7 Å². The predicted octanol–water partition coefficient (Wildman–Crippen LogP) is 3.24.